The highest BCUT2D eigenvalue weighted by atomic mass is 35.5. The third-order valence-electron chi connectivity index (χ3n) is 5.99. The third-order valence-corrected chi connectivity index (χ3v) is 6.23. The van der Waals surface area contributed by atoms with Gasteiger partial charge in [0.05, 0.1) is 0 Å². The zero-order valence-corrected chi connectivity index (χ0v) is 15.3. The average molecular weight is 335 g/mol. The van der Waals surface area contributed by atoms with Crippen LogP contribution in [0.4, 0.5) is 0 Å². The van der Waals surface area contributed by atoms with Gasteiger partial charge in [-0.05, 0) is 76.2 Å². The van der Waals surface area contributed by atoms with Gasteiger partial charge in [0, 0.05) is 29.7 Å². The maximum Gasteiger partial charge on any atom is 0.254 e. The van der Waals surface area contributed by atoms with E-state index in [2.05, 4.69) is 19.0 Å². The van der Waals surface area contributed by atoms with Crippen LogP contribution in [0.5, 0.6) is 0 Å². The summed E-state index contributed by atoms with van der Waals surface area (Å²) in [5.74, 6) is 1.67. The fourth-order valence-corrected chi connectivity index (χ4v) is 4.64. The number of aryl methyl sites for hydroxylation is 1. The summed E-state index contributed by atoms with van der Waals surface area (Å²) in [4.78, 5) is 17.2. The summed E-state index contributed by atoms with van der Waals surface area (Å²) in [6, 6.07) is 6.66. The maximum absolute atomic E-state index is 12.9. The quantitative estimate of drug-likeness (QED) is 0.838. The number of amides is 1. The molecule has 4 atom stereocenters. The summed E-state index contributed by atoms with van der Waals surface area (Å²) in [7, 11) is 6.32. The smallest absolute Gasteiger partial charge is 0.254 e. The minimum atomic E-state index is 0.110. The number of rotatable bonds is 3. The fourth-order valence-electron chi connectivity index (χ4n) is 4.47. The highest BCUT2D eigenvalue weighted by Crippen LogP contribution is 2.46. The number of hydrogen-bond acceptors (Lipinski definition) is 2. The Kier molecular flexibility index (Phi) is 4.70. The van der Waals surface area contributed by atoms with Gasteiger partial charge in [-0.1, -0.05) is 17.7 Å². The zero-order chi connectivity index (χ0) is 16.7. The number of fused-ring (bicyclic) bond motifs is 1. The molecule has 0 heterocycles. The number of carbonyl (C=O) groups is 1. The van der Waals surface area contributed by atoms with E-state index in [0.29, 0.717) is 11.1 Å². The highest BCUT2D eigenvalue weighted by Gasteiger charge is 2.44. The molecule has 2 fully saturated rings. The molecular formula is C19H27ClN2O. The van der Waals surface area contributed by atoms with Gasteiger partial charge in [0.25, 0.3) is 5.91 Å². The lowest BCUT2D eigenvalue weighted by Gasteiger charge is -2.27. The monoisotopic (exact) mass is 334 g/mol. The molecule has 1 amide bonds. The van der Waals surface area contributed by atoms with Crippen LogP contribution >= 0.6 is 11.6 Å². The molecule has 0 saturated heterocycles. The van der Waals surface area contributed by atoms with Crippen molar-refractivity contribution in [3.8, 4) is 0 Å². The summed E-state index contributed by atoms with van der Waals surface area (Å²) in [5.41, 5.74) is 1.74. The number of nitrogens with zero attached hydrogens (tertiary/aromatic N) is 2. The van der Waals surface area contributed by atoms with Crippen LogP contribution < -0.4 is 0 Å². The lowest BCUT2D eigenvalue weighted by Crippen LogP contribution is -2.36. The number of carbonyl (C=O) groups excluding carboxylic acids is 1. The van der Waals surface area contributed by atoms with Crippen molar-refractivity contribution in [2.24, 2.45) is 11.8 Å². The van der Waals surface area contributed by atoms with Crippen LogP contribution in [0.2, 0.25) is 5.02 Å². The van der Waals surface area contributed by atoms with Crippen molar-refractivity contribution in [1.29, 1.82) is 0 Å². The summed E-state index contributed by atoms with van der Waals surface area (Å²) >= 11 is 6.07. The van der Waals surface area contributed by atoms with Crippen molar-refractivity contribution >= 4 is 17.5 Å². The lowest BCUT2D eigenvalue weighted by molar-refractivity contribution is 0.0725. The lowest BCUT2D eigenvalue weighted by atomic mass is 10.0. The molecule has 126 valence electrons. The summed E-state index contributed by atoms with van der Waals surface area (Å²) in [6.07, 6.45) is 4.87. The van der Waals surface area contributed by atoms with Crippen LogP contribution in [-0.4, -0.2) is 48.9 Å². The Morgan fingerprint density at radius 2 is 1.61 bits per heavy atom. The van der Waals surface area contributed by atoms with Gasteiger partial charge in [0.15, 0.2) is 0 Å². The first-order chi connectivity index (χ1) is 10.9. The molecule has 2 aliphatic carbocycles. The molecule has 1 aromatic carbocycles. The Hall–Kier alpha value is -1.06. The molecule has 4 heteroatoms. The molecule has 1 aromatic rings. The van der Waals surface area contributed by atoms with Crippen molar-refractivity contribution in [2.45, 2.75) is 44.7 Å². The molecule has 0 aromatic heterocycles. The van der Waals surface area contributed by atoms with Gasteiger partial charge in [0.2, 0.25) is 0 Å². The number of hydrogen-bond donors (Lipinski definition) is 0. The normalized spacial score (nSPS) is 29.8. The van der Waals surface area contributed by atoms with Crippen molar-refractivity contribution < 1.29 is 4.79 Å². The van der Waals surface area contributed by atoms with Crippen LogP contribution in [0.25, 0.3) is 0 Å². The van der Waals surface area contributed by atoms with Crippen LogP contribution in [0, 0.1) is 18.8 Å². The SMILES string of the molecule is Cc1ccc(Cl)cc1C(=O)N(C)C1C[C@H]2CC(N(C)C)C[C@H]2C1. The molecule has 2 saturated carbocycles. The van der Waals surface area contributed by atoms with Crippen molar-refractivity contribution in [2.75, 3.05) is 21.1 Å². The Morgan fingerprint density at radius 3 is 2.17 bits per heavy atom. The summed E-state index contributed by atoms with van der Waals surface area (Å²) in [6.45, 7) is 1.97. The van der Waals surface area contributed by atoms with E-state index in [1.54, 1.807) is 6.07 Å². The van der Waals surface area contributed by atoms with Gasteiger partial charge in [-0.3, -0.25) is 4.79 Å². The first-order valence-electron chi connectivity index (χ1n) is 8.56. The van der Waals surface area contributed by atoms with Gasteiger partial charge in [-0.15, -0.1) is 0 Å². The zero-order valence-electron chi connectivity index (χ0n) is 14.6. The van der Waals surface area contributed by atoms with Gasteiger partial charge in [-0.2, -0.15) is 0 Å². The second-order valence-corrected chi connectivity index (χ2v) is 8.05. The molecular weight excluding hydrogens is 308 g/mol. The topological polar surface area (TPSA) is 23.6 Å². The van der Waals surface area contributed by atoms with Crippen molar-refractivity contribution in [3.05, 3.63) is 34.3 Å². The molecule has 0 spiro atoms. The predicted molar refractivity (Wildman–Crippen MR) is 95.0 cm³/mol. The van der Waals surface area contributed by atoms with E-state index in [0.717, 1.165) is 41.8 Å². The second-order valence-electron chi connectivity index (χ2n) is 7.61. The third kappa shape index (κ3) is 3.27. The first-order valence-corrected chi connectivity index (χ1v) is 8.94. The number of benzene rings is 1. The molecule has 2 aliphatic rings. The molecule has 2 unspecified atom stereocenters. The average Bonchev–Trinajstić information content (AvgIpc) is 3.06. The van der Waals surface area contributed by atoms with Gasteiger partial charge < -0.3 is 9.80 Å². The molecule has 23 heavy (non-hydrogen) atoms. The highest BCUT2D eigenvalue weighted by molar-refractivity contribution is 6.31. The van der Waals surface area contributed by atoms with E-state index >= 15 is 0 Å². The van der Waals surface area contributed by atoms with E-state index in [4.69, 9.17) is 11.6 Å². The Balaban J connectivity index is 1.67. The van der Waals surface area contributed by atoms with Crippen molar-refractivity contribution in [1.82, 2.24) is 9.80 Å². The van der Waals surface area contributed by atoms with Gasteiger partial charge in [0.1, 0.15) is 0 Å². The van der Waals surface area contributed by atoms with E-state index in [9.17, 15) is 4.79 Å². The number of halogens is 1. The van der Waals surface area contributed by atoms with Crippen LogP contribution in [0.15, 0.2) is 18.2 Å². The van der Waals surface area contributed by atoms with Crippen LogP contribution in [-0.2, 0) is 0 Å². The van der Waals surface area contributed by atoms with E-state index < -0.39 is 0 Å². The van der Waals surface area contributed by atoms with E-state index in [-0.39, 0.29) is 5.91 Å². The van der Waals surface area contributed by atoms with E-state index in [1.807, 2.05) is 31.0 Å². The maximum atomic E-state index is 12.9. The summed E-state index contributed by atoms with van der Waals surface area (Å²) in [5, 5.41) is 0.629. The Bertz CT molecular complexity index is 587. The minimum absolute atomic E-state index is 0.110. The molecule has 0 N–H and O–H groups in total. The molecule has 3 nitrogen and oxygen atoms in total. The second kappa shape index (κ2) is 6.45. The van der Waals surface area contributed by atoms with E-state index in [1.165, 1.54) is 12.8 Å². The van der Waals surface area contributed by atoms with Crippen molar-refractivity contribution in [3.63, 3.8) is 0 Å². The minimum Gasteiger partial charge on any atom is -0.339 e. The Morgan fingerprint density at radius 1 is 1.04 bits per heavy atom. The summed E-state index contributed by atoms with van der Waals surface area (Å²) < 4.78 is 0. The predicted octanol–water partition coefficient (Wildman–Crippen LogP) is 3.84. The fraction of sp³-hybridized carbons (Fsp3) is 0.632. The first kappa shape index (κ1) is 16.8. The molecule has 0 radical (unpaired) electrons. The Labute approximate surface area is 144 Å². The standard InChI is InChI=1S/C19H27ClN2O/c1-12-5-6-15(20)11-18(12)19(23)22(4)17-9-13-7-16(21(2)3)8-14(13)10-17/h5-6,11,13-14,16-17H,7-10H2,1-4H3/t13-,14+,16?,17?. The van der Waals surface area contributed by atoms with Gasteiger partial charge >= 0.3 is 0 Å². The van der Waals surface area contributed by atoms with Gasteiger partial charge in [-0.25, -0.2) is 0 Å². The van der Waals surface area contributed by atoms with Crippen LogP contribution in [0.1, 0.15) is 41.6 Å². The largest absolute Gasteiger partial charge is 0.339 e. The van der Waals surface area contributed by atoms with Crippen LogP contribution in [0.3, 0.4) is 0 Å². The molecule has 0 bridgehead atoms. The molecule has 0 aliphatic heterocycles. The molecule has 3 rings (SSSR count).